The van der Waals surface area contributed by atoms with Gasteiger partial charge >= 0.3 is 0 Å². The van der Waals surface area contributed by atoms with E-state index in [4.69, 9.17) is 9.40 Å². The summed E-state index contributed by atoms with van der Waals surface area (Å²) in [5.74, 6) is 0. The molecule has 3 heteroatoms. The minimum absolute atomic E-state index is 0.447. The molecule has 0 radical (unpaired) electrons. The normalized spacial score (nSPS) is 16.5. The third-order valence-corrected chi connectivity index (χ3v) is 17.3. The highest BCUT2D eigenvalue weighted by Crippen LogP contribution is 2.65. The summed E-state index contributed by atoms with van der Waals surface area (Å²) in [7, 11) is 0. The van der Waals surface area contributed by atoms with Gasteiger partial charge in [0.25, 0.3) is 0 Å². The lowest BCUT2D eigenvalue weighted by atomic mass is 9.65. The Hall–Kier alpha value is -9.31. The zero-order chi connectivity index (χ0) is 48.3. The van der Waals surface area contributed by atoms with E-state index in [0.717, 1.165) is 79.0 Å². The van der Waals surface area contributed by atoms with E-state index in [2.05, 4.69) is 247 Å². The van der Waals surface area contributed by atoms with Gasteiger partial charge in [0, 0.05) is 38.2 Å². The van der Waals surface area contributed by atoms with Crippen LogP contribution >= 0.6 is 0 Å². The number of rotatable bonds is 4. The molecular weight excluding hydrogens is 897 g/mol. The van der Waals surface area contributed by atoms with Gasteiger partial charge in [0.1, 0.15) is 11.1 Å². The zero-order valence-electron chi connectivity index (χ0n) is 40.3. The van der Waals surface area contributed by atoms with Crippen molar-refractivity contribution in [3.05, 3.63) is 287 Å². The Morgan fingerprint density at radius 3 is 1.86 bits per heavy atom. The monoisotopic (exact) mass is 940 g/mol. The molecule has 3 aromatic heterocycles. The van der Waals surface area contributed by atoms with Gasteiger partial charge in [-0.15, -0.1) is 0 Å². The number of benzene rings is 10. The predicted octanol–water partition coefficient (Wildman–Crippen LogP) is 17.8. The molecule has 4 aliphatic carbocycles. The third-order valence-electron chi connectivity index (χ3n) is 17.3. The molecule has 3 heterocycles. The van der Waals surface area contributed by atoms with Crippen molar-refractivity contribution in [1.82, 2.24) is 9.55 Å². The molecule has 0 saturated heterocycles. The molecule has 344 valence electrons. The quantitative estimate of drug-likeness (QED) is 0.165. The highest BCUT2D eigenvalue weighted by molar-refractivity contribution is 6.21. The third kappa shape index (κ3) is 4.94. The maximum atomic E-state index is 7.04. The molecule has 1 atom stereocenters. The predicted molar refractivity (Wildman–Crippen MR) is 303 cm³/mol. The highest BCUT2D eigenvalue weighted by atomic mass is 16.3. The Morgan fingerprint density at radius 1 is 0.459 bits per heavy atom. The number of allylic oxidation sites excluding steroid dienone is 4. The minimum atomic E-state index is -0.458. The maximum Gasteiger partial charge on any atom is 0.161 e. The number of furan rings is 1. The van der Waals surface area contributed by atoms with E-state index in [1.165, 1.54) is 83.3 Å². The summed E-state index contributed by atoms with van der Waals surface area (Å²) in [5, 5.41) is 5.74. The molecule has 1 unspecified atom stereocenters. The number of hydrogen-bond donors (Lipinski definition) is 0. The summed E-state index contributed by atoms with van der Waals surface area (Å²) in [5.41, 5.74) is 25.6. The van der Waals surface area contributed by atoms with Crippen molar-refractivity contribution in [2.24, 2.45) is 0 Å². The highest BCUT2D eigenvalue weighted by Gasteiger charge is 2.52. The topological polar surface area (TPSA) is 31.0 Å². The van der Waals surface area contributed by atoms with E-state index in [1.54, 1.807) is 0 Å². The molecule has 0 bridgehead atoms. The van der Waals surface area contributed by atoms with Crippen LogP contribution in [0.25, 0.3) is 105 Å². The van der Waals surface area contributed by atoms with Crippen molar-refractivity contribution in [3.8, 4) is 50.3 Å². The van der Waals surface area contributed by atoms with Crippen LogP contribution in [0.3, 0.4) is 0 Å². The number of fused-ring (bicyclic) bond motifs is 22. The standard InChI is InChI=1S/C71H44N2O/c1-3-21-44(22-4-1)70(45-23-5-2-6-24-45)56-32-13-9-28-49(56)54-42-63-55(41-61(54)70)69-68(52-31-12-18-37-64(52)74-69)73(63)46-25-19-20-43(40-46)67-53-38-39-60-66(65(53)51-30-11-17-36-62(51)72-67)50-29-10-16-35-59(50)71(60)57-33-14-7-26-47(57)48-27-8-15-34-58(48)71/h1-5,7-23,25-42H,6,24H2. The maximum absolute atomic E-state index is 7.04. The van der Waals surface area contributed by atoms with Crippen molar-refractivity contribution in [1.29, 1.82) is 0 Å². The fraction of sp³-hybridized carbons (Fsp3) is 0.0563. The molecule has 0 aliphatic heterocycles. The number of pyridine rings is 1. The molecular formula is C71H44N2O. The first-order valence-electron chi connectivity index (χ1n) is 26.0. The number of nitrogens with zero attached hydrogens (tertiary/aromatic N) is 2. The molecule has 1 spiro atoms. The van der Waals surface area contributed by atoms with Gasteiger partial charge in [-0.3, -0.25) is 0 Å². The summed E-state index contributed by atoms with van der Waals surface area (Å²) < 4.78 is 9.50. The Balaban J connectivity index is 0.935. The lowest BCUT2D eigenvalue weighted by molar-refractivity contribution is 0.672. The molecule has 0 fully saturated rings. The average Bonchev–Trinajstić information content (AvgIpc) is 4.27. The summed E-state index contributed by atoms with van der Waals surface area (Å²) >= 11 is 0. The van der Waals surface area contributed by atoms with Crippen molar-refractivity contribution >= 4 is 54.6 Å². The van der Waals surface area contributed by atoms with Gasteiger partial charge in [-0.1, -0.05) is 206 Å². The van der Waals surface area contributed by atoms with E-state index in [-0.39, 0.29) is 0 Å². The van der Waals surface area contributed by atoms with Crippen LogP contribution < -0.4 is 0 Å². The lowest BCUT2D eigenvalue weighted by Gasteiger charge is -2.36. The van der Waals surface area contributed by atoms with Crippen molar-refractivity contribution < 1.29 is 4.42 Å². The molecule has 13 aromatic rings. The molecule has 0 N–H and O–H groups in total. The number of hydrogen-bond acceptors (Lipinski definition) is 2. The molecule has 0 amide bonds. The average molecular weight is 941 g/mol. The van der Waals surface area contributed by atoms with E-state index in [9.17, 15) is 0 Å². The van der Waals surface area contributed by atoms with Crippen LogP contribution in [-0.4, -0.2) is 9.55 Å². The zero-order valence-corrected chi connectivity index (χ0v) is 40.3. The van der Waals surface area contributed by atoms with Gasteiger partial charge < -0.3 is 8.98 Å². The van der Waals surface area contributed by atoms with Gasteiger partial charge in [-0.05, 0) is 128 Å². The van der Waals surface area contributed by atoms with E-state index >= 15 is 0 Å². The molecule has 4 aliphatic rings. The molecule has 74 heavy (non-hydrogen) atoms. The summed E-state index contributed by atoms with van der Waals surface area (Å²) in [6.45, 7) is 0. The van der Waals surface area contributed by atoms with Gasteiger partial charge in [-0.25, -0.2) is 4.98 Å². The van der Waals surface area contributed by atoms with Gasteiger partial charge in [0.2, 0.25) is 0 Å². The minimum Gasteiger partial charge on any atom is -0.454 e. The number of para-hydroxylation sites is 2. The van der Waals surface area contributed by atoms with Crippen LogP contribution in [0, 0.1) is 0 Å². The van der Waals surface area contributed by atoms with Gasteiger partial charge in [0.15, 0.2) is 5.58 Å². The second-order valence-corrected chi connectivity index (χ2v) is 20.7. The Bertz CT molecular complexity index is 4630. The van der Waals surface area contributed by atoms with Crippen LogP contribution in [0.5, 0.6) is 0 Å². The fourth-order valence-electron chi connectivity index (χ4n) is 14.6. The van der Waals surface area contributed by atoms with E-state index < -0.39 is 10.8 Å². The van der Waals surface area contributed by atoms with Gasteiger partial charge in [0.05, 0.1) is 27.6 Å². The van der Waals surface area contributed by atoms with Crippen molar-refractivity contribution in [2.45, 2.75) is 23.7 Å². The second-order valence-electron chi connectivity index (χ2n) is 20.7. The van der Waals surface area contributed by atoms with Crippen LogP contribution in [0.2, 0.25) is 0 Å². The van der Waals surface area contributed by atoms with Gasteiger partial charge in [-0.2, -0.15) is 0 Å². The van der Waals surface area contributed by atoms with Crippen LogP contribution in [0.4, 0.5) is 0 Å². The Kier molecular flexibility index (Phi) is 7.98. The molecule has 3 nitrogen and oxygen atoms in total. The Morgan fingerprint density at radius 2 is 1.11 bits per heavy atom. The van der Waals surface area contributed by atoms with Crippen LogP contribution in [0.1, 0.15) is 51.8 Å². The molecule has 17 rings (SSSR count). The first-order valence-corrected chi connectivity index (χ1v) is 26.0. The summed E-state index contributed by atoms with van der Waals surface area (Å²) in [4.78, 5) is 5.63. The van der Waals surface area contributed by atoms with Crippen LogP contribution in [0.15, 0.2) is 253 Å². The van der Waals surface area contributed by atoms with E-state index in [0.29, 0.717) is 0 Å². The van der Waals surface area contributed by atoms with E-state index in [1.807, 2.05) is 0 Å². The molecule has 0 saturated carbocycles. The fourth-order valence-corrected chi connectivity index (χ4v) is 14.6. The van der Waals surface area contributed by atoms with Crippen LogP contribution in [-0.2, 0) is 10.8 Å². The SMILES string of the molecule is C1=CCCC(C2(c3ccccc3)c3ccccc3-c3cc4c(cc32)c2oc3ccccc3c2n4-c2cccc(-c3nc4ccccc4c4c5c(ccc34)C3(c4ccccc4-c4ccccc43)c3ccccc3-5)c2)=C1. The largest absolute Gasteiger partial charge is 0.454 e. The van der Waals surface area contributed by atoms with Crippen molar-refractivity contribution in [3.63, 3.8) is 0 Å². The first kappa shape index (κ1) is 40.3. The lowest BCUT2D eigenvalue weighted by Crippen LogP contribution is -2.30. The summed E-state index contributed by atoms with van der Waals surface area (Å²) in [6, 6.07) is 83.6. The van der Waals surface area contributed by atoms with Crippen molar-refractivity contribution in [2.75, 3.05) is 0 Å². The summed E-state index contributed by atoms with van der Waals surface area (Å²) in [6.07, 6.45) is 8.93. The number of aromatic nitrogens is 2. The molecule has 10 aromatic carbocycles. The smallest absolute Gasteiger partial charge is 0.161 e. The second kappa shape index (κ2) is 14.7. The Labute approximate surface area is 427 Å². The first-order chi connectivity index (χ1) is 36.7.